The molecular formula is C24H27NO2. The Hall–Kier alpha value is -2.46. The molecule has 3 nitrogen and oxygen atoms in total. The molecule has 0 aliphatic heterocycles. The van der Waals surface area contributed by atoms with E-state index in [9.17, 15) is 0 Å². The van der Waals surface area contributed by atoms with Crippen LogP contribution in [0.15, 0.2) is 91.0 Å². The molecule has 0 fully saturated rings. The zero-order valence-corrected chi connectivity index (χ0v) is 15.6. The molecule has 0 aromatic heterocycles. The van der Waals surface area contributed by atoms with Gasteiger partial charge in [0.15, 0.2) is 0 Å². The molecule has 3 aromatic carbocycles. The van der Waals surface area contributed by atoms with Crippen LogP contribution in [0.3, 0.4) is 0 Å². The first-order valence-corrected chi connectivity index (χ1v) is 9.42. The van der Waals surface area contributed by atoms with Crippen molar-refractivity contribution >= 4 is 0 Å². The van der Waals surface area contributed by atoms with Crippen molar-refractivity contribution < 1.29 is 9.47 Å². The van der Waals surface area contributed by atoms with E-state index in [-0.39, 0.29) is 6.10 Å². The number of ether oxygens (including phenoxy) is 2. The van der Waals surface area contributed by atoms with Crippen molar-refractivity contribution in [3.8, 4) is 0 Å². The Balaban J connectivity index is 1.47. The third-order valence-corrected chi connectivity index (χ3v) is 4.29. The SMILES string of the molecule is c1ccc(CNC[C@@H](COCc2ccccc2)OCc2ccccc2)cc1. The van der Waals surface area contributed by atoms with Crippen LogP contribution in [0.2, 0.25) is 0 Å². The fourth-order valence-electron chi connectivity index (χ4n) is 2.81. The Morgan fingerprint density at radius 3 is 1.74 bits per heavy atom. The number of rotatable bonds is 11. The molecule has 1 N–H and O–H groups in total. The van der Waals surface area contributed by atoms with Gasteiger partial charge in [0.2, 0.25) is 0 Å². The van der Waals surface area contributed by atoms with Gasteiger partial charge >= 0.3 is 0 Å². The van der Waals surface area contributed by atoms with E-state index < -0.39 is 0 Å². The van der Waals surface area contributed by atoms with E-state index in [1.165, 1.54) is 16.7 Å². The van der Waals surface area contributed by atoms with Crippen LogP contribution in [0.1, 0.15) is 16.7 Å². The smallest absolute Gasteiger partial charge is 0.0937 e. The maximum Gasteiger partial charge on any atom is 0.0937 e. The van der Waals surface area contributed by atoms with Gasteiger partial charge in [0.1, 0.15) is 0 Å². The Morgan fingerprint density at radius 2 is 1.15 bits per heavy atom. The van der Waals surface area contributed by atoms with Crippen LogP contribution < -0.4 is 5.32 Å². The van der Waals surface area contributed by atoms with Gasteiger partial charge in [-0.15, -0.1) is 0 Å². The summed E-state index contributed by atoms with van der Waals surface area (Å²) >= 11 is 0. The van der Waals surface area contributed by atoms with Crippen LogP contribution in [0.25, 0.3) is 0 Å². The van der Waals surface area contributed by atoms with Gasteiger partial charge in [-0.25, -0.2) is 0 Å². The second-order valence-corrected chi connectivity index (χ2v) is 6.54. The average molecular weight is 361 g/mol. The zero-order chi connectivity index (χ0) is 18.6. The Labute approximate surface area is 162 Å². The Kier molecular flexibility index (Phi) is 8.08. The van der Waals surface area contributed by atoms with Crippen molar-refractivity contribution in [2.75, 3.05) is 13.2 Å². The Bertz CT molecular complexity index is 702. The lowest BCUT2D eigenvalue weighted by atomic mass is 10.2. The van der Waals surface area contributed by atoms with Gasteiger partial charge in [-0.2, -0.15) is 0 Å². The quantitative estimate of drug-likeness (QED) is 0.542. The van der Waals surface area contributed by atoms with Gasteiger partial charge in [-0.3, -0.25) is 0 Å². The molecular weight excluding hydrogens is 334 g/mol. The fraction of sp³-hybridized carbons (Fsp3) is 0.250. The zero-order valence-electron chi connectivity index (χ0n) is 15.6. The van der Waals surface area contributed by atoms with Gasteiger partial charge in [-0.1, -0.05) is 91.0 Å². The lowest BCUT2D eigenvalue weighted by Crippen LogP contribution is -2.32. The van der Waals surface area contributed by atoms with E-state index >= 15 is 0 Å². The summed E-state index contributed by atoms with van der Waals surface area (Å²) in [7, 11) is 0. The summed E-state index contributed by atoms with van der Waals surface area (Å²) in [6.45, 7) is 3.32. The second-order valence-electron chi connectivity index (χ2n) is 6.54. The van der Waals surface area contributed by atoms with Gasteiger partial charge in [0.25, 0.3) is 0 Å². The van der Waals surface area contributed by atoms with Gasteiger partial charge in [0, 0.05) is 13.1 Å². The highest BCUT2D eigenvalue weighted by Crippen LogP contribution is 2.06. The molecule has 140 valence electrons. The van der Waals surface area contributed by atoms with Crippen LogP contribution >= 0.6 is 0 Å². The van der Waals surface area contributed by atoms with Gasteiger partial charge in [-0.05, 0) is 16.7 Å². The summed E-state index contributed by atoms with van der Waals surface area (Å²) < 4.78 is 12.0. The highest BCUT2D eigenvalue weighted by atomic mass is 16.5. The number of hydrogen-bond acceptors (Lipinski definition) is 3. The van der Waals surface area contributed by atoms with Gasteiger partial charge in [0.05, 0.1) is 25.9 Å². The second kappa shape index (κ2) is 11.3. The molecule has 3 heteroatoms. The van der Waals surface area contributed by atoms with Crippen molar-refractivity contribution in [1.82, 2.24) is 5.32 Å². The van der Waals surface area contributed by atoms with Crippen LogP contribution in [0, 0.1) is 0 Å². The first kappa shape index (κ1) is 19.3. The summed E-state index contributed by atoms with van der Waals surface area (Å²) in [5.74, 6) is 0. The van der Waals surface area contributed by atoms with E-state index in [4.69, 9.17) is 9.47 Å². The van der Waals surface area contributed by atoms with Gasteiger partial charge < -0.3 is 14.8 Å². The topological polar surface area (TPSA) is 30.5 Å². The molecule has 0 heterocycles. The Morgan fingerprint density at radius 1 is 0.630 bits per heavy atom. The predicted molar refractivity (Wildman–Crippen MR) is 109 cm³/mol. The monoisotopic (exact) mass is 361 g/mol. The molecule has 0 aliphatic carbocycles. The van der Waals surface area contributed by atoms with Crippen molar-refractivity contribution in [3.63, 3.8) is 0 Å². The highest BCUT2D eigenvalue weighted by molar-refractivity contribution is 5.15. The first-order valence-electron chi connectivity index (χ1n) is 9.42. The molecule has 0 unspecified atom stereocenters. The summed E-state index contributed by atoms with van der Waals surface area (Å²) in [5.41, 5.74) is 3.62. The normalized spacial score (nSPS) is 12.0. The minimum Gasteiger partial charge on any atom is -0.374 e. The molecule has 0 spiro atoms. The van der Waals surface area contributed by atoms with E-state index in [1.54, 1.807) is 0 Å². The number of nitrogens with one attached hydrogen (secondary N) is 1. The van der Waals surface area contributed by atoms with E-state index in [0.717, 1.165) is 13.1 Å². The molecule has 3 rings (SSSR count). The van der Waals surface area contributed by atoms with Crippen LogP contribution in [0.4, 0.5) is 0 Å². The van der Waals surface area contributed by atoms with Crippen molar-refractivity contribution in [2.24, 2.45) is 0 Å². The molecule has 0 saturated carbocycles. The van der Waals surface area contributed by atoms with Crippen molar-refractivity contribution in [1.29, 1.82) is 0 Å². The largest absolute Gasteiger partial charge is 0.374 e. The molecule has 0 aliphatic rings. The summed E-state index contributed by atoms with van der Waals surface area (Å²) in [6, 6.07) is 30.9. The van der Waals surface area contributed by atoms with E-state index in [2.05, 4.69) is 53.8 Å². The van der Waals surface area contributed by atoms with Crippen LogP contribution in [-0.2, 0) is 29.2 Å². The van der Waals surface area contributed by atoms with E-state index in [0.29, 0.717) is 19.8 Å². The number of benzene rings is 3. The average Bonchev–Trinajstić information content (AvgIpc) is 2.74. The molecule has 0 radical (unpaired) electrons. The van der Waals surface area contributed by atoms with Crippen LogP contribution in [0.5, 0.6) is 0 Å². The summed E-state index contributed by atoms with van der Waals surface area (Å²) in [5, 5.41) is 3.48. The van der Waals surface area contributed by atoms with Crippen LogP contribution in [-0.4, -0.2) is 19.3 Å². The molecule has 0 bridgehead atoms. The summed E-state index contributed by atoms with van der Waals surface area (Å²) in [4.78, 5) is 0. The number of hydrogen-bond donors (Lipinski definition) is 1. The first-order chi connectivity index (χ1) is 13.4. The summed E-state index contributed by atoms with van der Waals surface area (Å²) in [6.07, 6.45) is -0.00219. The molecule has 27 heavy (non-hydrogen) atoms. The lowest BCUT2D eigenvalue weighted by Gasteiger charge is -2.19. The predicted octanol–water partition coefficient (Wildman–Crippen LogP) is 4.58. The highest BCUT2D eigenvalue weighted by Gasteiger charge is 2.10. The molecule has 0 amide bonds. The lowest BCUT2D eigenvalue weighted by molar-refractivity contribution is -0.0285. The maximum absolute atomic E-state index is 6.12. The maximum atomic E-state index is 6.12. The molecule has 3 aromatic rings. The standard InChI is InChI=1S/C24H27NO2/c1-4-10-21(11-5-1)16-25-17-24(27-19-23-14-8-3-9-15-23)20-26-18-22-12-6-2-7-13-22/h1-15,24-25H,16-20H2/t24-/m0/s1. The minimum atomic E-state index is -0.00219. The van der Waals surface area contributed by atoms with Crippen molar-refractivity contribution in [3.05, 3.63) is 108 Å². The molecule has 1 atom stereocenters. The van der Waals surface area contributed by atoms with E-state index in [1.807, 2.05) is 42.5 Å². The third kappa shape index (κ3) is 7.35. The minimum absolute atomic E-state index is 0.00219. The van der Waals surface area contributed by atoms with Crippen molar-refractivity contribution in [2.45, 2.75) is 25.9 Å². The fourth-order valence-corrected chi connectivity index (χ4v) is 2.81. The third-order valence-electron chi connectivity index (χ3n) is 4.29. The molecule has 0 saturated heterocycles.